The van der Waals surface area contributed by atoms with Gasteiger partial charge in [-0.2, -0.15) is 0 Å². The monoisotopic (exact) mass is 372 g/mol. The number of nitrogens with one attached hydrogen (secondary N) is 3. The molecule has 0 radical (unpaired) electrons. The molecule has 1 aromatic carbocycles. The molecule has 1 aliphatic rings. The van der Waals surface area contributed by atoms with Crippen LogP contribution in [0.5, 0.6) is 0 Å². The van der Waals surface area contributed by atoms with Gasteiger partial charge in [0.25, 0.3) is 5.91 Å². The van der Waals surface area contributed by atoms with Gasteiger partial charge in [0.15, 0.2) is 0 Å². The van der Waals surface area contributed by atoms with Crippen molar-refractivity contribution in [3.8, 4) is 0 Å². The molecule has 1 fully saturated rings. The number of hydrogen-bond acceptors (Lipinski definition) is 4. The third-order valence-corrected chi connectivity index (χ3v) is 3.99. The van der Waals surface area contributed by atoms with E-state index in [2.05, 4.69) is 10.6 Å². The molecule has 1 aromatic rings. The van der Waals surface area contributed by atoms with Crippen molar-refractivity contribution >= 4 is 52.6 Å². The van der Waals surface area contributed by atoms with Gasteiger partial charge < -0.3 is 15.5 Å². The van der Waals surface area contributed by atoms with E-state index in [0.717, 1.165) is 4.90 Å². The van der Waals surface area contributed by atoms with Gasteiger partial charge in [0.05, 0.1) is 23.0 Å². The Morgan fingerprint density at radius 2 is 1.96 bits per heavy atom. The number of benzene rings is 1. The van der Waals surface area contributed by atoms with Crippen molar-refractivity contribution in [2.45, 2.75) is 12.5 Å². The largest absolute Gasteiger partial charge is 0.336 e. The van der Waals surface area contributed by atoms with Gasteiger partial charge >= 0.3 is 6.03 Å². The van der Waals surface area contributed by atoms with Crippen molar-refractivity contribution in [1.82, 2.24) is 15.5 Å². The van der Waals surface area contributed by atoms with Crippen LogP contribution in [0.15, 0.2) is 18.2 Å². The fraction of sp³-hybridized carbons (Fsp3) is 0.286. The maximum absolute atomic E-state index is 12.0. The van der Waals surface area contributed by atoms with Crippen LogP contribution >= 0.6 is 23.2 Å². The Kier molecular flexibility index (Phi) is 5.63. The predicted molar refractivity (Wildman–Crippen MR) is 87.8 cm³/mol. The fourth-order valence-corrected chi connectivity index (χ4v) is 2.31. The predicted octanol–water partition coefficient (Wildman–Crippen LogP) is 0.988. The molecule has 1 heterocycles. The van der Waals surface area contributed by atoms with Crippen LogP contribution in [0.2, 0.25) is 10.0 Å². The summed E-state index contributed by atoms with van der Waals surface area (Å²) in [6, 6.07) is 3.03. The van der Waals surface area contributed by atoms with Crippen molar-refractivity contribution in [2.75, 3.05) is 18.9 Å². The zero-order valence-electron chi connectivity index (χ0n) is 12.6. The van der Waals surface area contributed by atoms with E-state index in [1.165, 1.54) is 19.2 Å². The minimum Gasteiger partial charge on any atom is -0.336 e. The van der Waals surface area contributed by atoms with E-state index >= 15 is 0 Å². The quantitative estimate of drug-likeness (QED) is 0.669. The van der Waals surface area contributed by atoms with Crippen molar-refractivity contribution in [3.63, 3.8) is 0 Å². The van der Waals surface area contributed by atoms with Crippen molar-refractivity contribution in [1.29, 1.82) is 0 Å². The van der Waals surface area contributed by atoms with E-state index in [-0.39, 0.29) is 13.0 Å². The highest BCUT2D eigenvalue weighted by molar-refractivity contribution is 6.42. The lowest BCUT2D eigenvalue weighted by atomic mass is 10.2. The normalized spacial score (nSPS) is 16.4. The molecule has 0 saturated carbocycles. The summed E-state index contributed by atoms with van der Waals surface area (Å²) in [5.41, 5.74) is 0.442. The molecule has 1 aliphatic heterocycles. The van der Waals surface area contributed by atoms with E-state index in [4.69, 9.17) is 23.2 Å². The number of amides is 5. The molecule has 0 aromatic heterocycles. The summed E-state index contributed by atoms with van der Waals surface area (Å²) < 4.78 is 0. The minimum absolute atomic E-state index is 0.221. The molecule has 1 atom stereocenters. The standard InChI is InChI=1S/C14H14Cl2N4O4/c1-20(12(22)5-10-13(23)19-14(24)18-10)6-11(21)17-7-2-3-8(15)9(16)4-7/h2-4,10H,5-6H2,1H3,(H,17,21)(H2,18,19,23,24). The number of rotatable bonds is 5. The molecule has 0 spiro atoms. The number of hydrogen-bond donors (Lipinski definition) is 3. The first-order valence-corrected chi connectivity index (χ1v) is 7.62. The molecule has 1 unspecified atom stereocenters. The molecular weight excluding hydrogens is 359 g/mol. The molecule has 5 amide bonds. The summed E-state index contributed by atoms with van der Waals surface area (Å²) >= 11 is 11.6. The Balaban J connectivity index is 1.86. The maximum Gasteiger partial charge on any atom is 0.322 e. The van der Waals surface area contributed by atoms with Crippen molar-refractivity contribution in [3.05, 3.63) is 28.2 Å². The first kappa shape index (κ1) is 18.0. The Hall–Kier alpha value is -2.32. The zero-order chi connectivity index (χ0) is 17.9. The summed E-state index contributed by atoms with van der Waals surface area (Å²) in [5, 5.41) is 7.59. The Morgan fingerprint density at radius 3 is 2.54 bits per heavy atom. The Labute approximate surface area is 147 Å². The fourth-order valence-electron chi connectivity index (χ4n) is 2.01. The summed E-state index contributed by atoms with van der Waals surface area (Å²) in [5.74, 6) is -1.47. The van der Waals surface area contributed by atoms with E-state index in [1.54, 1.807) is 6.07 Å². The lowest BCUT2D eigenvalue weighted by Gasteiger charge is -2.18. The Morgan fingerprint density at radius 1 is 1.25 bits per heavy atom. The van der Waals surface area contributed by atoms with E-state index in [0.29, 0.717) is 15.7 Å². The number of nitrogens with zero attached hydrogens (tertiary/aromatic N) is 1. The molecule has 0 bridgehead atoms. The number of urea groups is 1. The average Bonchev–Trinajstić information content (AvgIpc) is 2.80. The van der Waals surface area contributed by atoms with Crippen molar-refractivity contribution in [2.24, 2.45) is 0 Å². The number of likely N-dealkylation sites (N-methyl/N-ethyl adjacent to an activating group) is 1. The molecule has 3 N–H and O–H groups in total. The molecule has 8 nitrogen and oxygen atoms in total. The minimum atomic E-state index is -0.925. The molecule has 24 heavy (non-hydrogen) atoms. The van der Waals surface area contributed by atoms with Crippen LogP contribution in [0.1, 0.15) is 6.42 Å². The number of halogens is 2. The number of anilines is 1. The molecule has 0 aliphatic carbocycles. The average molecular weight is 373 g/mol. The maximum atomic E-state index is 12.0. The smallest absolute Gasteiger partial charge is 0.322 e. The topological polar surface area (TPSA) is 108 Å². The second kappa shape index (κ2) is 7.50. The zero-order valence-corrected chi connectivity index (χ0v) is 14.1. The lowest BCUT2D eigenvalue weighted by molar-refractivity contribution is -0.135. The van der Waals surface area contributed by atoms with Crippen LogP contribution in [0.25, 0.3) is 0 Å². The van der Waals surface area contributed by atoms with Crippen LogP contribution in [0, 0.1) is 0 Å². The van der Waals surface area contributed by atoms with E-state index in [9.17, 15) is 19.2 Å². The summed E-state index contributed by atoms with van der Waals surface area (Å²) in [4.78, 5) is 47.5. The third-order valence-electron chi connectivity index (χ3n) is 3.25. The van der Waals surface area contributed by atoms with Crippen LogP contribution < -0.4 is 16.0 Å². The molecular formula is C14H14Cl2N4O4. The first-order chi connectivity index (χ1) is 11.3. The van der Waals surface area contributed by atoms with Gasteiger partial charge in [0, 0.05) is 12.7 Å². The van der Waals surface area contributed by atoms with Gasteiger partial charge in [0.1, 0.15) is 6.04 Å². The van der Waals surface area contributed by atoms with Crippen LogP contribution in [0.3, 0.4) is 0 Å². The van der Waals surface area contributed by atoms with Gasteiger partial charge in [-0.05, 0) is 18.2 Å². The number of imide groups is 1. The number of carbonyl (C=O) groups excluding carboxylic acids is 4. The van der Waals surface area contributed by atoms with Crippen molar-refractivity contribution < 1.29 is 19.2 Å². The van der Waals surface area contributed by atoms with E-state index < -0.39 is 29.8 Å². The van der Waals surface area contributed by atoms with Gasteiger partial charge in [0.2, 0.25) is 11.8 Å². The number of carbonyl (C=O) groups is 4. The second-order valence-electron chi connectivity index (χ2n) is 5.15. The van der Waals surface area contributed by atoms with Gasteiger partial charge in [-0.1, -0.05) is 23.2 Å². The Bertz CT molecular complexity index is 710. The molecule has 128 valence electrons. The van der Waals surface area contributed by atoms with Crippen LogP contribution in [0.4, 0.5) is 10.5 Å². The third kappa shape index (κ3) is 4.59. The first-order valence-electron chi connectivity index (χ1n) is 6.86. The summed E-state index contributed by atoms with van der Waals surface area (Å²) in [6.45, 7) is -0.221. The summed E-state index contributed by atoms with van der Waals surface area (Å²) in [7, 11) is 1.42. The summed E-state index contributed by atoms with van der Waals surface area (Å²) in [6.07, 6.45) is -0.228. The molecule has 10 heteroatoms. The lowest BCUT2D eigenvalue weighted by Crippen LogP contribution is -2.40. The van der Waals surface area contributed by atoms with Gasteiger partial charge in [-0.3, -0.25) is 19.7 Å². The highest BCUT2D eigenvalue weighted by Gasteiger charge is 2.32. The second-order valence-corrected chi connectivity index (χ2v) is 5.96. The van der Waals surface area contributed by atoms with Gasteiger partial charge in [-0.15, -0.1) is 0 Å². The van der Waals surface area contributed by atoms with E-state index in [1.807, 2.05) is 5.32 Å². The van der Waals surface area contributed by atoms with Crippen LogP contribution in [-0.2, 0) is 14.4 Å². The SMILES string of the molecule is CN(CC(=O)Nc1ccc(Cl)c(Cl)c1)C(=O)CC1NC(=O)NC1=O. The van der Waals surface area contributed by atoms with Crippen LogP contribution in [-0.4, -0.2) is 48.3 Å². The highest BCUT2D eigenvalue weighted by Crippen LogP contribution is 2.24. The van der Waals surface area contributed by atoms with Gasteiger partial charge in [-0.25, -0.2) is 4.79 Å². The molecule has 2 rings (SSSR count). The molecule has 1 saturated heterocycles. The highest BCUT2D eigenvalue weighted by atomic mass is 35.5.